The van der Waals surface area contributed by atoms with Gasteiger partial charge in [0.05, 0.1) is 14.2 Å². The van der Waals surface area contributed by atoms with Gasteiger partial charge in [-0.05, 0) is 47.7 Å². The largest absolute Gasteiger partial charge is 0.497 e. The normalized spacial score (nSPS) is 10.7. The molecule has 5 nitrogen and oxygen atoms in total. The Morgan fingerprint density at radius 2 is 1.92 bits per heavy atom. The summed E-state index contributed by atoms with van der Waals surface area (Å²) in [5.41, 5.74) is 3.29. The fourth-order valence-corrected chi connectivity index (χ4v) is 3.02. The predicted molar refractivity (Wildman–Crippen MR) is 103 cm³/mol. The van der Waals surface area contributed by atoms with Crippen molar-refractivity contribution in [3.05, 3.63) is 59.8 Å². The molecule has 136 valence electrons. The maximum atomic E-state index is 12.2. The molecule has 1 amide bonds. The van der Waals surface area contributed by atoms with Crippen molar-refractivity contribution in [2.75, 3.05) is 14.2 Å². The molecular formula is C21H24N2O3. The highest BCUT2D eigenvalue weighted by Crippen LogP contribution is 2.24. The van der Waals surface area contributed by atoms with Crippen LogP contribution in [0.15, 0.2) is 48.7 Å². The number of aryl methyl sites for hydroxylation is 2. The number of benzene rings is 2. The smallest absolute Gasteiger partial charge is 0.220 e. The number of amides is 1. The predicted octanol–water partition coefficient (Wildman–Crippen LogP) is 3.44. The highest BCUT2D eigenvalue weighted by atomic mass is 16.5. The van der Waals surface area contributed by atoms with Crippen molar-refractivity contribution in [2.24, 2.45) is 7.05 Å². The van der Waals surface area contributed by atoms with Crippen molar-refractivity contribution >= 4 is 16.8 Å². The molecule has 0 aliphatic rings. The second kappa shape index (κ2) is 7.95. The lowest BCUT2D eigenvalue weighted by molar-refractivity contribution is -0.121. The van der Waals surface area contributed by atoms with Crippen LogP contribution in [0, 0.1) is 0 Å². The molecule has 0 radical (unpaired) electrons. The van der Waals surface area contributed by atoms with Gasteiger partial charge in [-0.1, -0.05) is 6.07 Å². The molecule has 5 heteroatoms. The van der Waals surface area contributed by atoms with E-state index in [9.17, 15) is 4.79 Å². The fourth-order valence-electron chi connectivity index (χ4n) is 3.02. The molecule has 3 aromatic rings. The van der Waals surface area contributed by atoms with E-state index in [4.69, 9.17) is 9.47 Å². The van der Waals surface area contributed by atoms with Gasteiger partial charge in [0, 0.05) is 43.4 Å². The van der Waals surface area contributed by atoms with Crippen molar-refractivity contribution in [2.45, 2.75) is 19.4 Å². The Labute approximate surface area is 153 Å². The molecule has 0 bridgehead atoms. The first-order valence-corrected chi connectivity index (χ1v) is 8.62. The molecular weight excluding hydrogens is 328 g/mol. The molecule has 0 saturated carbocycles. The number of ether oxygens (including phenoxy) is 2. The summed E-state index contributed by atoms with van der Waals surface area (Å²) in [4.78, 5) is 12.2. The van der Waals surface area contributed by atoms with E-state index in [2.05, 4.69) is 34.1 Å². The van der Waals surface area contributed by atoms with E-state index >= 15 is 0 Å². The second-order valence-electron chi connectivity index (χ2n) is 6.27. The average Bonchev–Trinajstić information content (AvgIpc) is 3.04. The zero-order chi connectivity index (χ0) is 18.5. The van der Waals surface area contributed by atoms with E-state index in [1.165, 1.54) is 16.5 Å². The molecule has 26 heavy (non-hydrogen) atoms. The molecule has 3 rings (SSSR count). The first-order chi connectivity index (χ1) is 12.6. The van der Waals surface area contributed by atoms with Crippen LogP contribution in [0.2, 0.25) is 0 Å². The van der Waals surface area contributed by atoms with Gasteiger partial charge in [-0.2, -0.15) is 0 Å². The fraction of sp³-hybridized carbons (Fsp3) is 0.286. The molecule has 0 spiro atoms. The monoisotopic (exact) mass is 352 g/mol. The van der Waals surface area contributed by atoms with Crippen LogP contribution in [0.5, 0.6) is 11.5 Å². The third kappa shape index (κ3) is 3.99. The first kappa shape index (κ1) is 17.9. The summed E-state index contributed by atoms with van der Waals surface area (Å²) < 4.78 is 12.6. The third-order valence-corrected chi connectivity index (χ3v) is 4.56. The lowest BCUT2D eigenvalue weighted by Crippen LogP contribution is -2.23. The van der Waals surface area contributed by atoms with E-state index in [0.29, 0.717) is 18.7 Å². The molecule has 0 unspecified atom stereocenters. The molecule has 0 atom stereocenters. The lowest BCUT2D eigenvalue weighted by Gasteiger charge is -2.11. The molecule has 2 aromatic carbocycles. The first-order valence-electron chi connectivity index (χ1n) is 8.62. The number of hydrogen-bond acceptors (Lipinski definition) is 3. The highest BCUT2D eigenvalue weighted by molar-refractivity contribution is 5.81. The number of nitrogens with one attached hydrogen (secondary N) is 1. The Balaban J connectivity index is 1.55. The van der Waals surface area contributed by atoms with Crippen LogP contribution in [0.3, 0.4) is 0 Å². The number of methoxy groups -OCH3 is 2. The third-order valence-electron chi connectivity index (χ3n) is 4.56. The quantitative estimate of drug-likeness (QED) is 0.709. The van der Waals surface area contributed by atoms with Gasteiger partial charge in [-0.15, -0.1) is 0 Å². The molecule has 0 fully saturated rings. The Morgan fingerprint density at radius 1 is 1.08 bits per heavy atom. The number of nitrogens with zero attached hydrogens (tertiary/aromatic N) is 1. The summed E-state index contributed by atoms with van der Waals surface area (Å²) in [7, 11) is 5.26. The van der Waals surface area contributed by atoms with E-state index < -0.39 is 0 Å². The Morgan fingerprint density at radius 3 is 2.69 bits per heavy atom. The second-order valence-corrected chi connectivity index (χ2v) is 6.27. The van der Waals surface area contributed by atoms with Crippen LogP contribution in [0.4, 0.5) is 0 Å². The van der Waals surface area contributed by atoms with Crippen LogP contribution in [-0.2, 0) is 24.8 Å². The van der Waals surface area contributed by atoms with Gasteiger partial charge in [0.25, 0.3) is 0 Å². The number of rotatable bonds is 7. The minimum Gasteiger partial charge on any atom is -0.497 e. The summed E-state index contributed by atoms with van der Waals surface area (Å²) in [6.45, 7) is 0.434. The summed E-state index contributed by atoms with van der Waals surface area (Å²) >= 11 is 0. The Bertz CT molecular complexity index is 915. The van der Waals surface area contributed by atoms with Crippen LogP contribution < -0.4 is 14.8 Å². The maximum Gasteiger partial charge on any atom is 0.220 e. The highest BCUT2D eigenvalue weighted by Gasteiger charge is 2.08. The zero-order valence-corrected chi connectivity index (χ0v) is 15.4. The van der Waals surface area contributed by atoms with E-state index in [1.54, 1.807) is 14.2 Å². The zero-order valence-electron chi connectivity index (χ0n) is 15.4. The van der Waals surface area contributed by atoms with Gasteiger partial charge in [0.2, 0.25) is 5.91 Å². The summed E-state index contributed by atoms with van der Waals surface area (Å²) in [5.74, 6) is 1.46. The van der Waals surface area contributed by atoms with Crippen LogP contribution in [0.1, 0.15) is 17.5 Å². The number of aromatic nitrogens is 1. The molecule has 0 aliphatic carbocycles. The summed E-state index contributed by atoms with van der Waals surface area (Å²) in [6, 6.07) is 14.0. The van der Waals surface area contributed by atoms with Crippen molar-refractivity contribution in [1.82, 2.24) is 9.88 Å². The SMILES string of the molecule is COc1ccc(CNC(=O)CCc2ccc3c(ccn3C)c2)c(OC)c1. The van der Waals surface area contributed by atoms with Gasteiger partial charge < -0.3 is 19.4 Å². The Kier molecular flexibility index (Phi) is 5.46. The molecule has 1 N–H and O–H groups in total. The minimum atomic E-state index is 0.0241. The van der Waals surface area contributed by atoms with E-state index in [-0.39, 0.29) is 5.91 Å². The van der Waals surface area contributed by atoms with Crippen LogP contribution in [-0.4, -0.2) is 24.7 Å². The average molecular weight is 352 g/mol. The molecule has 1 heterocycles. The van der Waals surface area contributed by atoms with Crippen molar-refractivity contribution in [1.29, 1.82) is 0 Å². The topological polar surface area (TPSA) is 52.5 Å². The molecule has 0 aliphatic heterocycles. The Hall–Kier alpha value is -2.95. The van der Waals surface area contributed by atoms with Crippen molar-refractivity contribution in [3.8, 4) is 11.5 Å². The van der Waals surface area contributed by atoms with Crippen LogP contribution in [0.25, 0.3) is 10.9 Å². The summed E-state index contributed by atoms with van der Waals surface area (Å²) in [5, 5.41) is 4.16. The number of carbonyl (C=O) groups excluding carboxylic acids is 1. The van der Waals surface area contributed by atoms with Gasteiger partial charge in [-0.25, -0.2) is 0 Å². The minimum absolute atomic E-state index is 0.0241. The summed E-state index contributed by atoms with van der Waals surface area (Å²) in [6.07, 6.45) is 3.22. The van der Waals surface area contributed by atoms with E-state index in [1.807, 2.05) is 31.4 Å². The lowest BCUT2D eigenvalue weighted by atomic mass is 10.1. The van der Waals surface area contributed by atoms with E-state index in [0.717, 1.165) is 17.7 Å². The number of carbonyl (C=O) groups is 1. The maximum absolute atomic E-state index is 12.2. The standard InChI is InChI=1S/C21H24N2O3/c1-23-11-10-16-12-15(4-8-19(16)23)5-9-21(24)22-14-17-6-7-18(25-2)13-20(17)26-3/h4,6-8,10-13H,5,9,14H2,1-3H3,(H,22,24). The van der Waals surface area contributed by atoms with Crippen LogP contribution >= 0.6 is 0 Å². The molecule has 0 saturated heterocycles. The van der Waals surface area contributed by atoms with Crippen molar-refractivity contribution < 1.29 is 14.3 Å². The van der Waals surface area contributed by atoms with Gasteiger partial charge in [0.1, 0.15) is 11.5 Å². The number of hydrogen-bond donors (Lipinski definition) is 1. The molecule has 1 aromatic heterocycles. The number of fused-ring (bicyclic) bond motifs is 1. The van der Waals surface area contributed by atoms with Gasteiger partial charge >= 0.3 is 0 Å². The van der Waals surface area contributed by atoms with Crippen molar-refractivity contribution in [3.63, 3.8) is 0 Å². The van der Waals surface area contributed by atoms with Gasteiger partial charge in [0.15, 0.2) is 0 Å². The van der Waals surface area contributed by atoms with Gasteiger partial charge in [-0.3, -0.25) is 4.79 Å².